The summed E-state index contributed by atoms with van der Waals surface area (Å²) in [5, 5.41) is 1.28. The summed E-state index contributed by atoms with van der Waals surface area (Å²) in [6.07, 6.45) is 4.04. The molecular formula is C22H22N4O. The van der Waals surface area contributed by atoms with Crippen molar-refractivity contribution in [2.45, 2.75) is 12.6 Å². The highest BCUT2D eigenvalue weighted by molar-refractivity contribution is 5.82. The smallest absolute Gasteiger partial charge is 0.126 e. The van der Waals surface area contributed by atoms with Crippen molar-refractivity contribution in [2.24, 2.45) is 0 Å². The van der Waals surface area contributed by atoms with Gasteiger partial charge in [-0.1, -0.05) is 48.5 Å². The van der Waals surface area contributed by atoms with Gasteiger partial charge in [0.2, 0.25) is 0 Å². The van der Waals surface area contributed by atoms with Crippen LogP contribution in [0.2, 0.25) is 0 Å². The molecule has 5 rings (SSSR count). The first kappa shape index (κ1) is 16.3. The number of benzene rings is 2. The molecule has 5 heteroatoms. The predicted octanol–water partition coefficient (Wildman–Crippen LogP) is 4.13. The summed E-state index contributed by atoms with van der Waals surface area (Å²) >= 11 is 0. The summed E-state index contributed by atoms with van der Waals surface area (Å²) in [5.41, 5.74) is 4.69. The van der Waals surface area contributed by atoms with E-state index in [1.807, 2.05) is 24.4 Å². The highest BCUT2D eigenvalue weighted by atomic mass is 16.5. The Bertz CT molecular complexity index is 1040. The lowest BCUT2D eigenvalue weighted by molar-refractivity contribution is -0.0154. The van der Waals surface area contributed by atoms with E-state index in [0.29, 0.717) is 6.61 Å². The number of aromatic nitrogens is 3. The minimum Gasteiger partial charge on any atom is -0.378 e. The van der Waals surface area contributed by atoms with Crippen LogP contribution in [0.25, 0.3) is 22.2 Å². The number of hydrogen-bond donors (Lipinski definition) is 2. The maximum atomic E-state index is 5.78. The van der Waals surface area contributed by atoms with Gasteiger partial charge < -0.3 is 14.7 Å². The summed E-state index contributed by atoms with van der Waals surface area (Å²) in [4.78, 5) is 14.0. The number of imidazole rings is 1. The molecule has 1 unspecified atom stereocenters. The Balaban J connectivity index is 1.42. The van der Waals surface area contributed by atoms with Gasteiger partial charge in [0.25, 0.3) is 0 Å². The largest absolute Gasteiger partial charge is 0.378 e. The molecule has 0 radical (unpaired) electrons. The number of ether oxygens (including phenoxy) is 1. The van der Waals surface area contributed by atoms with Gasteiger partial charge in [-0.25, -0.2) is 4.98 Å². The van der Waals surface area contributed by atoms with Crippen LogP contribution in [0.15, 0.2) is 67.0 Å². The Morgan fingerprint density at radius 1 is 1.07 bits per heavy atom. The number of para-hydroxylation sites is 1. The Labute approximate surface area is 158 Å². The molecule has 1 aliphatic heterocycles. The monoisotopic (exact) mass is 358 g/mol. The second kappa shape index (κ2) is 7.02. The Morgan fingerprint density at radius 2 is 1.93 bits per heavy atom. The fraction of sp³-hybridized carbons (Fsp3) is 0.227. The Kier molecular flexibility index (Phi) is 4.24. The van der Waals surface area contributed by atoms with Crippen LogP contribution < -0.4 is 0 Å². The average molecular weight is 358 g/mol. The number of aromatic amines is 2. The zero-order valence-electron chi connectivity index (χ0n) is 15.1. The van der Waals surface area contributed by atoms with E-state index in [1.165, 1.54) is 16.5 Å². The molecule has 1 fully saturated rings. The highest BCUT2D eigenvalue weighted by Crippen LogP contribution is 2.28. The normalized spacial score (nSPS) is 18.1. The third-order valence-corrected chi connectivity index (χ3v) is 5.28. The molecule has 2 N–H and O–H groups in total. The molecule has 3 heterocycles. The van der Waals surface area contributed by atoms with E-state index in [-0.39, 0.29) is 6.04 Å². The Hall–Kier alpha value is -2.89. The van der Waals surface area contributed by atoms with Crippen molar-refractivity contribution in [3.05, 3.63) is 78.4 Å². The second-order valence-electron chi connectivity index (χ2n) is 6.97. The number of nitrogens with zero attached hydrogens (tertiary/aromatic N) is 2. The van der Waals surface area contributed by atoms with Gasteiger partial charge in [-0.2, -0.15) is 0 Å². The first-order valence-corrected chi connectivity index (χ1v) is 9.35. The minimum atomic E-state index is 0.130. The van der Waals surface area contributed by atoms with Crippen LogP contribution in [-0.4, -0.2) is 39.6 Å². The van der Waals surface area contributed by atoms with Gasteiger partial charge in [0.1, 0.15) is 5.82 Å². The number of nitrogens with one attached hydrogen (secondary N) is 2. The molecule has 2 aromatic heterocycles. The molecule has 0 saturated carbocycles. The van der Waals surface area contributed by atoms with E-state index in [0.717, 1.165) is 36.8 Å². The van der Waals surface area contributed by atoms with Crippen LogP contribution in [0.4, 0.5) is 0 Å². The van der Waals surface area contributed by atoms with Crippen LogP contribution in [-0.2, 0) is 11.3 Å². The first-order chi connectivity index (χ1) is 13.4. The van der Waals surface area contributed by atoms with E-state index in [4.69, 9.17) is 4.74 Å². The van der Waals surface area contributed by atoms with Gasteiger partial charge in [0, 0.05) is 30.2 Å². The molecule has 0 aliphatic carbocycles. The van der Waals surface area contributed by atoms with E-state index < -0.39 is 0 Å². The molecule has 1 atom stereocenters. The first-order valence-electron chi connectivity index (χ1n) is 9.35. The molecule has 2 aromatic carbocycles. The van der Waals surface area contributed by atoms with E-state index >= 15 is 0 Å². The number of fused-ring (bicyclic) bond motifs is 1. The van der Waals surface area contributed by atoms with Crippen LogP contribution in [0.1, 0.15) is 17.4 Å². The molecule has 1 saturated heterocycles. The lowest BCUT2D eigenvalue weighted by atomic mass is 10.1. The molecule has 0 bridgehead atoms. The maximum absolute atomic E-state index is 5.78. The highest BCUT2D eigenvalue weighted by Gasteiger charge is 2.27. The number of hydrogen-bond acceptors (Lipinski definition) is 3. The van der Waals surface area contributed by atoms with Gasteiger partial charge >= 0.3 is 0 Å². The van der Waals surface area contributed by atoms with Crippen LogP contribution >= 0.6 is 0 Å². The average Bonchev–Trinajstić information content (AvgIpc) is 3.37. The fourth-order valence-corrected chi connectivity index (χ4v) is 3.83. The van der Waals surface area contributed by atoms with Crippen LogP contribution in [0.5, 0.6) is 0 Å². The van der Waals surface area contributed by atoms with Crippen LogP contribution in [0, 0.1) is 0 Å². The molecular weight excluding hydrogens is 336 g/mol. The molecule has 0 spiro atoms. The lowest BCUT2D eigenvalue weighted by Crippen LogP contribution is -2.39. The molecule has 4 aromatic rings. The Morgan fingerprint density at radius 3 is 2.85 bits per heavy atom. The van der Waals surface area contributed by atoms with Gasteiger partial charge in [0.15, 0.2) is 0 Å². The molecule has 27 heavy (non-hydrogen) atoms. The topological polar surface area (TPSA) is 56.9 Å². The van der Waals surface area contributed by atoms with E-state index in [1.54, 1.807) is 0 Å². The predicted molar refractivity (Wildman–Crippen MR) is 106 cm³/mol. The number of morpholine rings is 1. The second-order valence-corrected chi connectivity index (χ2v) is 6.97. The standard InChI is InChI=1S/C22H22N4O/c1-2-6-16(7-3-1)20-13-24-22(25-20)21-15-27-11-10-26(21)14-17-12-23-19-9-5-4-8-18(17)19/h1-9,12-13,21,23H,10-11,14-15H2,(H,24,25). The fourth-order valence-electron chi connectivity index (χ4n) is 3.83. The summed E-state index contributed by atoms with van der Waals surface area (Å²) < 4.78 is 5.78. The SMILES string of the molecule is c1ccc(-c2cnc(C3COCCN3Cc3c[nH]c4ccccc34)[nH]2)cc1. The van der Waals surface area contributed by atoms with Gasteiger partial charge in [-0.05, 0) is 17.2 Å². The van der Waals surface area contributed by atoms with E-state index in [9.17, 15) is 0 Å². The van der Waals surface area contributed by atoms with Crippen LogP contribution in [0.3, 0.4) is 0 Å². The van der Waals surface area contributed by atoms with Gasteiger partial charge in [-0.3, -0.25) is 4.90 Å². The molecule has 136 valence electrons. The zero-order valence-corrected chi connectivity index (χ0v) is 15.1. The third-order valence-electron chi connectivity index (χ3n) is 5.28. The maximum Gasteiger partial charge on any atom is 0.126 e. The van der Waals surface area contributed by atoms with Crippen molar-refractivity contribution in [3.8, 4) is 11.3 Å². The summed E-state index contributed by atoms with van der Waals surface area (Å²) in [6.45, 7) is 3.18. The van der Waals surface area contributed by atoms with Crippen molar-refractivity contribution in [1.29, 1.82) is 0 Å². The van der Waals surface area contributed by atoms with E-state index in [2.05, 4.69) is 62.4 Å². The van der Waals surface area contributed by atoms with Gasteiger partial charge in [-0.15, -0.1) is 0 Å². The zero-order chi connectivity index (χ0) is 18.1. The molecule has 1 aliphatic rings. The summed E-state index contributed by atoms with van der Waals surface area (Å²) in [5.74, 6) is 0.966. The van der Waals surface area contributed by atoms with Crippen molar-refractivity contribution >= 4 is 10.9 Å². The van der Waals surface area contributed by atoms with Crippen molar-refractivity contribution in [3.63, 3.8) is 0 Å². The molecule has 0 amide bonds. The number of rotatable bonds is 4. The lowest BCUT2D eigenvalue weighted by Gasteiger charge is -2.34. The van der Waals surface area contributed by atoms with Gasteiger partial charge in [0.05, 0.1) is 31.1 Å². The van der Waals surface area contributed by atoms with Crippen molar-refractivity contribution < 1.29 is 4.74 Å². The minimum absolute atomic E-state index is 0.130. The van der Waals surface area contributed by atoms with Crippen molar-refractivity contribution in [2.75, 3.05) is 19.8 Å². The molecule has 5 nitrogen and oxygen atoms in total. The number of H-pyrrole nitrogens is 2. The third kappa shape index (κ3) is 3.16. The quantitative estimate of drug-likeness (QED) is 0.577. The van der Waals surface area contributed by atoms with Crippen molar-refractivity contribution in [1.82, 2.24) is 19.9 Å². The summed E-state index contributed by atoms with van der Waals surface area (Å²) in [6, 6.07) is 18.9. The summed E-state index contributed by atoms with van der Waals surface area (Å²) in [7, 11) is 0.